The Bertz CT molecular complexity index is 672. The fraction of sp³-hybridized carbons (Fsp3) is 0.556. The molecule has 0 aliphatic heterocycles. The van der Waals surface area contributed by atoms with Crippen LogP contribution in [0.4, 0.5) is 4.39 Å². The Morgan fingerprint density at radius 2 is 1.56 bits per heavy atom. The minimum Gasteiger partial charge on any atom is -0.504 e. The number of esters is 2. The summed E-state index contributed by atoms with van der Waals surface area (Å²) >= 11 is 0. The van der Waals surface area contributed by atoms with Crippen molar-refractivity contribution in [3.63, 3.8) is 0 Å². The molecule has 0 aliphatic carbocycles. The van der Waals surface area contributed by atoms with Crippen molar-refractivity contribution >= 4 is 11.9 Å². The third kappa shape index (κ3) is 5.70. The molecule has 0 heterocycles. The first-order valence-corrected chi connectivity index (χ1v) is 7.98. The Hall–Kier alpha value is -2.15. The van der Waals surface area contributed by atoms with Crippen molar-refractivity contribution in [1.29, 1.82) is 0 Å². The van der Waals surface area contributed by atoms with E-state index in [9.17, 15) is 19.1 Å². The Balaban J connectivity index is 3.44. The van der Waals surface area contributed by atoms with Crippen LogP contribution in [0, 0.1) is 5.82 Å². The summed E-state index contributed by atoms with van der Waals surface area (Å²) in [5, 5.41) is 10.1. The van der Waals surface area contributed by atoms with Crippen molar-refractivity contribution in [2.75, 3.05) is 6.54 Å². The number of aromatic hydroxyl groups is 1. The first-order valence-electron chi connectivity index (χ1n) is 7.98. The zero-order chi connectivity index (χ0) is 19.6. The zero-order valence-corrected chi connectivity index (χ0v) is 15.5. The molecule has 6 nitrogen and oxygen atoms in total. The fourth-order valence-corrected chi connectivity index (χ4v) is 2.08. The molecule has 25 heavy (non-hydrogen) atoms. The maximum atomic E-state index is 14.7. The van der Waals surface area contributed by atoms with Crippen molar-refractivity contribution in [3.05, 3.63) is 28.6 Å². The predicted molar refractivity (Wildman–Crippen MR) is 91.2 cm³/mol. The van der Waals surface area contributed by atoms with Gasteiger partial charge >= 0.3 is 11.9 Å². The van der Waals surface area contributed by atoms with Crippen LogP contribution in [0.5, 0.6) is 5.75 Å². The summed E-state index contributed by atoms with van der Waals surface area (Å²) in [6, 6.07) is 1.22. The van der Waals surface area contributed by atoms with Gasteiger partial charge in [0.1, 0.15) is 22.3 Å². The molecule has 0 spiro atoms. The minimum absolute atomic E-state index is 0.119. The SMILES string of the molecule is CC(C)(C)OC(=O)c1cc(CCN)c(C(=O)OC(C)(C)C)c(F)c1O. The smallest absolute Gasteiger partial charge is 0.342 e. The molecule has 0 amide bonds. The minimum atomic E-state index is -1.22. The maximum absolute atomic E-state index is 14.7. The highest BCUT2D eigenvalue weighted by molar-refractivity contribution is 5.98. The van der Waals surface area contributed by atoms with Crippen molar-refractivity contribution in [3.8, 4) is 5.75 Å². The van der Waals surface area contributed by atoms with Crippen LogP contribution in [-0.4, -0.2) is 34.8 Å². The third-order valence-corrected chi connectivity index (χ3v) is 2.96. The van der Waals surface area contributed by atoms with Gasteiger partial charge in [0.2, 0.25) is 0 Å². The zero-order valence-electron chi connectivity index (χ0n) is 15.5. The van der Waals surface area contributed by atoms with Crippen LogP contribution in [0.1, 0.15) is 67.8 Å². The van der Waals surface area contributed by atoms with Gasteiger partial charge in [-0.15, -0.1) is 0 Å². The number of phenolic OH excluding ortho intramolecular Hbond substituents is 1. The third-order valence-electron chi connectivity index (χ3n) is 2.96. The Morgan fingerprint density at radius 3 is 2.00 bits per heavy atom. The summed E-state index contributed by atoms with van der Waals surface area (Å²) < 4.78 is 25.0. The number of rotatable bonds is 4. The van der Waals surface area contributed by atoms with E-state index in [-0.39, 0.29) is 24.1 Å². The average Bonchev–Trinajstić information content (AvgIpc) is 2.38. The van der Waals surface area contributed by atoms with E-state index in [1.807, 2.05) is 0 Å². The quantitative estimate of drug-likeness (QED) is 0.806. The molecule has 1 aromatic rings. The van der Waals surface area contributed by atoms with Gasteiger partial charge in [-0.2, -0.15) is 0 Å². The molecule has 0 aromatic heterocycles. The number of halogens is 1. The second kappa shape index (κ2) is 7.39. The lowest BCUT2D eigenvalue weighted by Gasteiger charge is -2.23. The Morgan fingerprint density at radius 1 is 1.08 bits per heavy atom. The molecular weight excluding hydrogens is 329 g/mol. The molecule has 0 atom stereocenters. The Kier molecular flexibility index (Phi) is 6.18. The van der Waals surface area contributed by atoms with E-state index in [0.29, 0.717) is 0 Å². The molecular formula is C18H26FNO5. The number of carbonyl (C=O) groups is 2. The van der Waals surface area contributed by atoms with Gasteiger partial charge in [-0.25, -0.2) is 14.0 Å². The predicted octanol–water partition coefficient (Wildman–Crippen LogP) is 2.94. The van der Waals surface area contributed by atoms with E-state index >= 15 is 0 Å². The van der Waals surface area contributed by atoms with Crippen LogP contribution in [0.2, 0.25) is 0 Å². The number of benzene rings is 1. The van der Waals surface area contributed by atoms with E-state index in [0.717, 1.165) is 0 Å². The van der Waals surface area contributed by atoms with Crippen molar-refractivity contribution < 1.29 is 28.6 Å². The van der Waals surface area contributed by atoms with Crippen LogP contribution in [0.15, 0.2) is 6.07 Å². The average molecular weight is 355 g/mol. The van der Waals surface area contributed by atoms with E-state index < -0.39 is 40.3 Å². The molecule has 0 fully saturated rings. The van der Waals surface area contributed by atoms with Crippen LogP contribution in [0.3, 0.4) is 0 Å². The summed E-state index contributed by atoms with van der Waals surface area (Å²) in [7, 11) is 0. The summed E-state index contributed by atoms with van der Waals surface area (Å²) in [5.74, 6) is -3.99. The van der Waals surface area contributed by atoms with Crippen molar-refractivity contribution in [2.45, 2.75) is 59.2 Å². The highest BCUT2D eigenvalue weighted by Gasteiger charge is 2.30. The molecule has 1 rings (SSSR count). The number of hydrogen-bond donors (Lipinski definition) is 2. The van der Waals surface area contributed by atoms with Crippen LogP contribution in [0.25, 0.3) is 0 Å². The lowest BCUT2D eigenvalue weighted by molar-refractivity contribution is 0.00429. The molecule has 3 N–H and O–H groups in total. The lowest BCUT2D eigenvalue weighted by atomic mass is 9.98. The van der Waals surface area contributed by atoms with Gasteiger partial charge in [-0.3, -0.25) is 0 Å². The largest absolute Gasteiger partial charge is 0.504 e. The number of phenols is 1. The molecule has 140 valence electrons. The number of nitrogens with two attached hydrogens (primary N) is 1. The van der Waals surface area contributed by atoms with E-state index in [4.69, 9.17) is 15.2 Å². The second-order valence-electron chi connectivity index (χ2n) is 7.66. The molecule has 0 saturated heterocycles. The molecule has 0 unspecified atom stereocenters. The summed E-state index contributed by atoms with van der Waals surface area (Å²) in [6.45, 7) is 9.98. The van der Waals surface area contributed by atoms with Gasteiger partial charge in [0.15, 0.2) is 11.6 Å². The molecule has 0 radical (unpaired) electrons. The maximum Gasteiger partial charge on any atom is 0.342 e. The topological polar surface area (TPSA) is 98.9 Å². The molecule has 0 aliphatic rings. The first kappa shape index (κ1) is 20.9. The van der Waals surface area contributed by atoms with Crippen LogP contribution in [-0.2, 0) is 15.9 Å². The van der Waals surface area contributed by atoms with Gasteiger partial charge < -0.3 is 20.3 Å². The highest BCUT2D eigenvalue weighted by Crippen LogP contribution is 2.31. The molecule has 1 aromatic carbocycles. The number of hydrogen-bond acceptors (Lipinski definition) is 6. The highest BCUT2D eigenvalue weighted by atomic mass is 19.1. The van der Waals surface area contributed by atoms with Gasteiger partial charge in [0, 0.05) is 0 Å². The standard InChI is InChI=1S/C18H26FNO5/c1-17(2,3)24-15(22)11-9-10(7-8-20)12(13(19)14(11)21)16(23)25-18(4,5)6/h9,21H,7-8,20H2,1-6H3. The number of carbonyl (C=O) groups excluding carboxylic acids is 2. The van der Waals surface area contributed by atoms with Gasteiger partial charge in [0.05, 0.1) is 0 Å². The monoisotopic (exact) mass is 355 g/mol. The summed E-state index contributed by atoms with van der Waals surface area (Å²) in [5.41, 5.74) is 3.24. The molecule has 0 saturated carbocycles. The van der Waals surface area contributed by atoms with Gasteiger partial charge in [-0.05, 0) is 66.1 Å². The van der Waals surface area contributed by atoms with Gasteiger partial charge in [0.25, 0.3) is 0 Å². The number of ether oxygens (including phenoxy) is 2. The van der Waals surface area contributed by atoms with E-state index in [2.05, 4.69) is 0 Å². The molecule has 7 heteroatoms. The first-order chi connectivity index (χ1) is 11.3. The summed E-state index contributed by atoms with van der Waals surface area (Å²) in [6.07, 6.45) is 0.127. The van der Waals surface area contributed by atoms with E-state index in [1.54, 1.807) is 41.5 Å². The lowest BCUT2D eigenvalue weighted by Crippen LogP contribution is -2.27. The second-order valence-corrected chi connectivity index (χ2v) is 7.66. The van der Waals surface area contributed by atoms with Gasteiger partial charge in [-0.1, -0.05) is 0 Å². The van der Waals surface area contributed by atoms with E-state index in [1.165, 1.54) is 6.07 Å². The van der Waals surface area contributed by atoms with Crippen molar-refractivity contribution in [2.24, 2.45) is 5.73 Å². The normalized spacial score (nSPS) is 12.0. The Labute approximate surface area is 147 Å². The summed E-state index contributed by atoms with van der Waals surface area (Å²) in [4.78, 5) is 24.5. The van der Waals surface area contributed by atoms with Crippen LogP contribution < -0.4 is 5.73 Å². The van der Waals surface area contributed by atoms with Crippen LogP contribution >= 0.6 is 0 Å². The molecule has 0 bridgehead atoms. The fourth-order valence-electron chi connectivity index (χ4n) is 2.08. The van der Waals surface area contributed by atoms with Crippen molar-refractivity contribution in [1.82, 2.24) is 0 Å².